The minimum absolute atomic E-state index is 0.0274. The van der Waals surface area contributed by atoms with Crippen molar-refractivity contribution in [3.05, 3.63) is 67.3 Å². The Labute approximate surface area is 214 Å². The number of hydrogen-bond donors (Lipinski definition) is 3. The van der Waals surface area contributed by atoms with E-state index in [1.807, 2.05) is 0 Å². The van der Waals surface area contributed by atoms with Gasteiger partial charge >= 0.3 is 17.9 Å². The Bertz CT molecular complexity index is 1050. The maximum Gasteiger partial charge on any atom is 0.341 e. The summed E-state index contributed by atoms with van der Waals surface area (Å²) in [5, 5.41) is 4.92. The van der Waals surface area contributed by atoms with Gasteiger partial charge < -0.3 is 24.8 Å². The van der Waals surface area contributed by atoms with Gasteiger partial charge in [0.15, 0.2) is 5.12 Å². The zero-order valence-corrected chi connectivity index (χ0v) is 20.5. The van der Waals surface area contributed by atoms with Crippen molar-refractivity contribution in [3.63, 3.8) is 0 Å². The molecule has 0 aromatic heterocycles. The smallest absolute Gasteiger partial charge is 0.341 e. The summed E-state index contributed by atoms with van der Waals surface area (Å²) in [6.45, 7) is 10.3. The highest BCUT2D eigenvalue weighted by Gasteiger charge is 2.41. The second-order valence-corrected chi connectivity index (χ2v) is 8.12. The number of thiol groups is 1. The van der Waals surface area contributed by atoms with E-state index >= 15 is 0 Å². The number of hydrogen-bond acceptors (Lipinski definition) is 9. The van der Waals surface area contributed by atoms with E-state index < -0.39 is 46.8 Å². The minimum atomic E-state index is -1.16. The van der Waals surface area contributed by atoms with Gasteiger partial charge in [0.2, 0.25) is 5.91 Å². The molecule has 0 saturated carbocycles. The normalized spacial score (nSPS) is 17.2. The minimum Gasteiger partial charge on any atom is -0.461 e. The third-order valence-electron chi connectivity index (χ3n) is 5.23. The number of carbonyl (C=O) groups excluding carboxylic acids is 5. The van der Waals surface area contributed by atoms with Crippen LogP contribution in [0.5, 0.6) is 0 Å². The van der Waals surface area contributed by atoms with Gasteiger partial charge in [-0.05, 0) is 24.5 Å². The van der Waals surface area contributed by atoms with Crippen LogP contribution in [0.25, 0.3) is 0 Å². The molecule has 1 aromatic rings. The zero-order valence-electron chi connectivity index (χ0n) is 19.6. The Morgan fingerprint density at radius 3 is 2.22 bits per heavy atom. The summed E-state index contributed by atoms with van der Waals surface area (Å²) < 4.78 is 15.1. The summed E-state index contributed by atoms with van der Waals surface area (Å²) >= 11 is 3.81. The van der Waals surface area contributed by atoms with Gasteiger partial charge in [-0.1, -0.05) is 44.0 Å². The number of carbonyl (C=O) groups is 5. The molecule has 192 valence electrons. The van der Waals surface area contributed by atoms with Crippen molar-refractivity contribution in [3.8, 4) is 0 Å². The van der Waals surface area contributed by atoms with E-state index in [1.165, 1.54) is 36.4 Å². The Balaban J connectivity index is 2.24. The fourth-order valence-electron chi connectivity index (χ4n) is 3.63. The van der Waals surface area contributed by atoms with Crippen LogP contribution in [0.2, 0.25) is 0 Å². The Hall–Kier alpha value is -3.70. The number of rotatable bonds is 13. The van der Waals surface area contributed by atoms with E-state index in [9.17, 15) is 24.0 Å². The van der Waals surface area contributed by atoms with Crippen LogP contribution in [-0.2, 0) is 28.6 Å². The molecule has 1 fully saturated rings. The molecule has 36 heavy (non-hydrogen) atoms. The van der Waals surface area contributed by atoms with Gasteiger partial charge in [-0.15, -0.1) is 12.6 Å². The molecule has 1 unspecified atom stereocenters. The molecular weight excluding hydrogens is 488 g/mol. The average molecular weight is 517 g/mol. The molecule has 0 bridgehead atoms. The molecule has 1 heterocycles. The quantitative estimate of drug-likeness (QED) is 0.118. The number of anilines is 1. The first-order valence-corrected chi connectivity index (χ1v) is 11.4. The number of esters is 3. The maximum atomic E-state index is 13.0. The lowest BCUT2D eigenvalue weighted by Gasteiger charge is -2.18. The van der Waals surface area contributed by atoms with Gasteiger partial charge in [0, 0.05) is 6.54 Å². The second kappa shape index (κ2) is 14.0. The highest BCUT2D eigenvalue weighted by atomic mass is 32.1. The lowest BCUT2D eigenvalue weighted by molar-refractivity contribution is -0.151. The first-order valence-electron chi connectivity index (χ1n) is 11.0. The molecule has 1 aliphatic heterocycles. The number of amides is 1. The van der Waals surface area contributed by atoms with Crippen LogP contribution in [0.1, 0.15) is 27.1 Å². The van der Waals surface area contributed by atoms with Crippen molar-refractivity contribution in [1.29, 1.82) is 0 Å². The van der Waals surface area contributed by atoms with Crippen molar-refractivity contribution in [2.24, 2.45) is 11.8 Å². The fourth-order valence-corrected chi connectivity index (χ4v) is 3.94. The van der Waals surface area contributed by atoms with Gasteiger partial charge in [0.05, 0.1) is 22.9 Å². The Morgan fingerprint density at radius 2 is 1.61 bits per heavy atom. The third-order valence-corrected chi connectivity index (χ3v) is 5.51. The van der Waals surface area contributed by atoms with Gasteiger partial charge in [-0.2, -0.15) is 0 Å². The molecule has 0 aliphatic carbocycles. The first-order chi connectivity index (χ1) is 17.2. The summed E-state index contributed by atoms with van der Waals surface area (Å²) in [4.78, 5) is 62.6. The van der Waals surface area contributed by atoms with E-state index in [0.717, 1.165) is 0 Å². The molecule has 0 radical (unpaired) electrons. The molecule has 2 N–H and O–H groups in total. The standard InChI is InChI=1S/C25H28N2O8S/c1-4-10-33-22(29)16-8-7-9-17(20(16)24(31)35-12-6-3)27-21(28)18-13-15(14-26-18)19(25(32)36)23(30)34-11-5-2/h4-9,15,18-19,26H,1-3,10-14H2,(H,27,28)(H,32,36)/t15-,18+,19?/m1/s1. The van der Waals surface area contributed by atoms with E-state index in [1.54, 1.807) is 0 Å². The summed E-state index contributed by atoms with van der Waals surface area (Å²) in [6.07, 6.45) is 4.23. The maximum absolute atomic E-state index is 13.0. The average Bonchev–Trinajstić information content (AvgIpc) is 3.33. The van der Waals surface area contributed by atoms with E-state index in [2.05, 4.69) is 43.0 Å². The van der Waals surface area contributed by atoms with Crippen molar-refractivity contribution in [2.75, 3.05) is 31.7 Å². The predicted octanol–water partition coefficient (Wildman–Crippen LogP) is 2.09. The fraction of sp³-hybridized carbons (Fsp3) is 0.320. The van der Waals surface area contributed by atoms with E-state index in [-0.39, 0.29) is 49.6 Å². The third kappa shape index (κ3) is 7.40. The van der Waals surface area contributed by atoms with Crippen LogP contribution < -0.4 is 10.6 Å². The molecule has 11 heteroatoms. The lowest BCUT2D eigenvalue weighted by atomic mass is 9.90. The molecule has 1 saturated heterocycles. The monoisotopic (exact) mass is 516 g/mol. The summed E-state index contributed by atoms with van der Waals surface area (Å²) in [7, 11) is 0. The predicted molar refractivity (Wildman–Crippen MR) is 135 cm³/mol. The van der Waals surface area contributed by atoms with E-state index in [4.69, 9.17) is 14.2 Å². The summed E-state index contributed by atoms with van der Waals surface area (Å²) in [5.41, 5.74) is -0.265. The van der Waals surface area contributed by atoms with Crippen molar-refractivity contribution in [1.82, 2.24) is 5.32 Å². The van der Waals surface area contributed by atoms with Crippen LogP contribution in [0.3, 0.4) is 0 Å². The Morgan fingerprint density at radius 1 is 1.00 bits per heavy atom. The van der Waals surface area contributed by atoms with Crippen LogP contribution in [0.4, 0.5) is 5.69 Å². The molecule has 0 spiro atoms. The topological polar surface area (TPSA) is 137 Å². The highest BCUT2D eigenvalue weighted by molar-refractivity contribution is 7.96. The van der Waals surface area contributed by atoms with Crippen LogP contribution in [0, 0.1) is 11.8 Å². The molecular formula is C25H28N2O8S. The molecule has 2 rings (SSSR count). The van der Waals surface area contributed by atoms with Crippen LogP contribution in [-0.4, -0.2) is 61.3 Å². The summed E-state index contributed by atoms with van der Waals surface area (Å²) in [6, 6.07) is 3.48. The van der Waals surface area contributed by atoms with Crippen LogP contribution in [0.15, 0.2) is 56.2 Å². The second-order valence-electron chi connectivity index (χ2n) is 7.68. The number of ether oxygens (including phenoxy) is 3. The lowest BCUT2D eigenvalue weighted by Crippen LogP contribution is -2.36. The SMILES string of the molecule is C=CCOC(=O)c1cccc(NC(=O)[C@@H]2C[C@@H](C(C(=O)S)C(=O)OCC=C)CN2)c1C(=O)OCC=C. The van der Waals surface area contributed by atoms with Crippen molar-refractivity contribution < 1.29 is 38.2 Å². The van der Waals surface area contributed by atoms with Gasteiger partial charge in [0.25, 0.3) is 0 Å². The molecule has 3 atom stereocenters. The van der Waals surface area contributed by atoms with Crippen molar-refractivity contribution in [2.45, 2.75) is 12.5 Å². The number of nitrogens with one attached hydrogen (secondary N) is 2. The molecule has 10 nitrogen and oxygen atoms in total. The summed E-state index contributed by atoms with van der Waals surface area (Å²) in [5.74, 6) is -4.66. The van der Waals surface area contributed by atoms with Gasteiger partial charge in [-0.25, -0.2) is 9.59 Å². The van der Waals surface area contributed by atoms with Crippen LogP contribution >= 0.6 is 12.6 Å². The van der Waals surface area contributed by atoms with E-state index in [0.29, 0.717) is 0 Å². The molecule has 1 aliphatic rings. The van der Waals surface area contributed by atoms with Gasteiger partial charge in [0.1, 0.15) is 25.7 Å². The highest BCUT2D eigenvalue weighted by Crippen LogP contribution is 2.28. The molecule has 1 amide bonds. The van der Waals surface area contributed by atoms with Crippen molar-refractivity contribution >= 4 is 47.2 Å². The number of benzene rings is 1. The zero-order chi connectivity index (χ0) is 26.7. The largest absolute Gasteiger partial charge is 0.461 e. The first kappa shape index (κ1) is 28.5. The molecule has 1 aromatic carbocycles. The van der Waals surface area contributed by atoms with Gasteiger partial charge in [-0.3, -0.25) is 14.4 Å². The Kier molecular flexibility index (Phi) is 11.1.